The summed E-state index contributed by atoms with van der Waals surface area (Å²) in [5, 5.41) is 8.32. The van der Waals surface area contributed by atoms with Crippen LogP contribution in [0.3, 0.4) is 0 Å². The number of benzene rings is 9. The van der Waals surface area contributed by atoms with Gasteiger partial charge in [-0.05, 0) is 99.3 Å². The maximum atomic E-state index is 6.71. The molecule has 1 unspecified atom stereocenters. The van der Waals surface area contributed by atoms with Crippen LogP contribution in [0.15, 0.2) is 222 Å². The molecule has 1 aliphatic heterocycles. The average molecular weight is 744 g/mol. The van der Waals surface area contributed by atoms with Gasteiger partial charge in [-0.2, -0.15) is 0 Å². The number of aliphatic imine (C=N–C) groups is 1. The highest BCUT2D eigenvalue weighted by molar-refractivity contribution is 6.24. The highest BCUT2D eigenvalue weighted by Crippen LogP contribution is 2.41. The molecule has 1 aliphatic rings. The minimum Gasteiger partial charge on any atom is -0.455 e. The molecule has 1 aromatic heterocycles. The molecule has 2 heterocycles. The first-order valence-electron chi connectivity index (χ1n) is 19.7. The predicted molar refractivity (Wildman–Crippen MR) is 242 cm³/mol. The van der Waals surface area contributed by atoms with E-state index in [-0.39, 0.29) is 6.17 Å². The Morgan fingerprint density at radius 1 is 0.431 bits per heavy atom. The largest absolute Gasteiger partial charge is 0.455 e. The molecule has 0 radical (unpaired) electrons. The number of hydrogen-bond acceptors (Lipinski definition) is 4. The third kappa shape index (κ3) is 5.99. The first kappa shape index (κ1) is 33.6. The lowest BCUT2D eigenvalue weighted by molar-refractivity contribution is 0.668. The quantitative estimate of drug-likeness (QED) is 0.177. The van der Waals surface area contributed by atoms with Crippen molar-refractivity contribution < 1.29 is 4.42 Å². The highest BCUT2D eigenvalue weighted by Gasteiger charge is 2.26. The van der Waals surface area contributed by atoms with Crippen LogP contribution in [-0.2, 0) is 0 Å². The number of nitrogens with zero attached hydrogens (tertiary/aromatic N) is 2. The molecule has 0 fully saturated rings. The van der Waals surface area contributed by atoms with Gasteiger partial charge >= 0.3 is 0 Å². The van der Waals surface area contributed by atoms with Gasteiger partial charge in [-0.1, -0.05) is 152 Å². The van der Waals surface area contributed by atoms with E-state index in [4.69, 9.17) is 9.41 Å². The van der Waals surface area contributed by atoms with Crippen molar-refractivity contribution >= 4 is 61.2 Å². The van der Waals surface area contributed by atoms with E-state index in [1.54, 1.807) is 0 Å². The zero-order chi connectivity index (χ0) is 38.4. The highest BCUT2D eigenvalue weighted by atomic mass is 16.3. The molecule has 0 saturated carbocycles. The minimum atomic E-state index is -0.338. The van der Waals surface area contributed by atoms with Crippen molar-refractivity contribution in [3.05, 3.63) is 229 Å². The van der Waals surface area contributed by atoms with Crippen molar-refractivity contribution in [3.63, 3.8) is 0 Å². The van der Waals surface area contributed by atoms with Gasteiger partial charge < -0.3 is 14.6 Å². The second-order valence-corrected chi connectivity index (χ2v) is 14.8. The van der Waals surface area contributed by atoms with Crippen LogP contribution >= 0.6 is 0 Å². The van der Waals surface area contributed by atoms with Gasteiger partial charge in [0.15, 0.2) is 0 Å². The third-order valence-electron chi connectivity index (χ3n) is 11.3. The number of furan rings is 1. The van der Waals surface area contributed by atoms with Gasteiger partial charge in [0.25, 0.3) is 0 Å². The fourth-order valence-electron chi connectivity index (χ4n) is 8.38. The van der Waals surface area contributed by atoms with Crippen LogP contribution in [0.1, 0.15) is 22.9 Å². The lowest BCUT2D eigenvalue weighted by Crippen LogP contribution is -2.21. The monoisotopic (exact) mass is 743 g/mol. The first-order valence-corrected chi connectivity index (χ1v) is 19.7. The van der Waals surface area contributed by atoms with Crippen LogP contribution in [-0.4, -0.2) is 5.71 Å². The second-order valence-electron chi connectivity index (χ2n) is 14.8. The summed E-state index contributed by atoms with van der Waals surface area (Å²) in [7, 11) is 0. The third-order valence-corrected chi connectivity index (χ3v) is 11.3. The SMILES string of the molecule is c1ccc(-c2ccc(N(c3ccc(-c4ccccc4)cc3)c3cccc(C4N=C(c5cccc6c5oc5cc7ccccc7cc56)c5ccccc5N4)c3)cc2)cc1. The van der Waals surface area contributed by atoms with E-state index < -0.39 is 0 Å². The molecule has 0 bridgehead atoms. The summed E-state index contributed by atoms with van der Waals surface area (Å²) in [4.78, 5) is 7.83. The molecule has 0 amide bonds. The zero-order valence-electron chi connectivity index (χ0n) is 31.6. The van der Waals surface area contributed by atoms with E-state index in [2.05, 4.69) is 223 Å². The van der Waals surface area contributed by atoms with Crippen LogP contribution in [0.25, 0.3) is 55.0 Å². The molecule has 4 nitrogen and oxygen atoms in total. The molecule has 11 rings (SSSR count). The molecule has 9 aromatic carbocycles. The van der Waals surface area contributed by atoms with Gasteiger partial charge in [0, 0.05) is 44.6 Å². The molecule has 0 aliphatic carbocycles. The van der Waals surface area contributed by atoms with Crippen LogP contribution in [0.2, 0.25) is 0 Å². The summed E-state index contributed by atoms with van der Waals surface area (Å²) < 4.78 is 6.71. The van der Waals surface area contributed by atoms with Crippen LogP contribution < -0.4 is 10.2 Å². The fourth-order valence-corrected chi connectivity index (χ4v) is 8.38. The number of rotatable bonds is 7. The van der Waals surface area contributed by atoms with Crippen molar-refractivity contribution in [1.82, 2.24) is 0 Å². The second kappa shape index (κ2) is 14.1. The Kier molecular flexibility index (Phi) is 8.18. The van der Waals surface area contributed by atoms with Gasteiger partial charge in [0.2, 0.25) is 0 Å². The average Bonchev–Trinajstić information content (AvgIpc) is 3.67. The molecule has 4 heteroatoms. The van der Waals surface area contributed by atoms with E-state index in [0.717, 1.165) is 72.5 Å². The number of nitrogens with one attached hydrogen (secondary N) is 1. The van der Waals surface area contributed by atoms with Crippen molar-refractivity contribution in [1.29, 1.82) is 0 Å². The standard InChI is InChI=1S/C54H37N3O/c1-3-13-36(14-4-1)38-25-29-43(30-26-38)57(44-31-27-39(28-32-44)37-15-5-2-6-16-37)45-20-11-19-42(33-45)54-55-50-24-10-9-21-47(50)52(56-54)48-23-12-22-46-49-34-40-17-7-8-18-41(40)35-51(49)58-53(46)48/h1-35,54-55H. The Morgan fingerprint density at radius 2 is 1.00 bits per heavy atom. The van der Waals surface area contributed by atoms with Crippen molar-refractivity contribution in [3.8, 4) is 22.3 Å². The Morgan fingerprint density at radius 3 is 1.69 bits per heavy atom. The number of para-hydroxylation sites is 2. The summed E-state index contributed by atoms with van der Waals surface area (Å²) in [6.07, 6.45) is -0.338. The maximum Gasteiger partial charge on any atom is 0.145 e. The Hall–Kier alpha value is -7.69. The smallest absolute Gasteiger partial charge is 0.145 e. The van der Waals surface area contributed by atoms with Gasteiger partial charge in [-0.3, -0.25) is 4.99 Å². The van der Waals surface area contributed by atoms with Crippen LogP contribution in [0.5, 0.6) is 0 Å². The molecule has 58 heavy (non-hydrogen) atoms. The molecular formula is C54H37N3O. The van der Waals surface area contributed by atoms with E-state index in [1.807, 2.05) is 0 Å². The van der Waals surface area contributed by atoms with Gasteiger partial charge in [0.05, 0.1) is 5.71 Å². The summed E-state index contributed by atoms with van der Waals surface area (Å²) in [6, 6.07) is 75.1. The summed E-state index contributed by atoms with van der Waals surface area (Å²) in [6.45, 7) is 0. The van der Waals surface area contributed by atoms with Gasteiger partial charge in [0.1, 0.15) is 17.3 Å². The molecular weight excluding hydrogens is 707 g/mol. The summed E-state index contributed by atoms with van der Waals surface area (Å²) >= 11 is 0. The Labute approximate surface area is 337 Å². The van der Waals surface area contributed by atoms with E-state index in [9.17, 15) is 0 Å². The van der Waals surface area contributed by atoms with E-state index in [0.29, 0.717) is 0 Å². The molecule has 1 N–H and O–H groups in total. The van der Waals surface area contributed by atoms with Gasteiger partial charge in [-0.25, -0.2) is 0 Å². The normalized spacial score (nSPS) is 13.6. The van der Waals surface area contributed by atoms with E-state index in [1.165, 1.54) is 27.6 Å². The summed E-state index contributed by atoms with van der Waals surface area (Å²) in [5.41, 5.74) is 14.7. The topological polar surface area (TPSA) is 40.8 Å². The summed E-state index contributed by atoms with van der Waals surface area (Å²) in [5.74, 6) is 0. The number of hydrogen-bond donors (Lipinski definition) is 1. The molecule has 0 spiro atoms. The Bertz CT molecular complexity index is 3050. The minimum absolute atomic E-state index is 0.338. The first-order chi connectivity index (χ1) is 28.7. The molecule has 10 aromatic rings. The van der Waals surface area contributed by atoms with Crippen LogP contribution in [0.4, 0.5) is 22.7 Å². The lowest BCUT2D eigenvalue weighted by Gasteiger charge is -2.29. The molecule has 274 valence electrons. The number of anilines is 4. The van der Waals surface area contributed by atoms with Crippen molar-refractivity contribution in [2.24, 2.45) is 4.99 Å². The fraction of sp³-hybridized carbons (Fsp3) is 0.0185. The van der Waals surface area contributed by atoms with Gasteiger partial charge in [-0.15, -0.1) is 0 Å². The van der Waals surface area contributed by atoms with Crippen molar-refractivity contribution in [2.75, 3.05) is 10.2 Å². The number of fused-ring (bicyclic) bond motifs is 5. The van der Waals surface area contributed by atoms with Crippen LogP contribution in [0, 0.1) is 0 Å². The molecule has 0 saturated heterocycles. The molecule has 1 atom stereocenters. The maximum absolute atomic E-state index is 6.71. The van der Waals surface area contributed by atoms with E-state index >= 15 is 0 Å². The predicted octanol–water partition coefficient (Wildman–Crippen LogP) is 14.5. The Balaban J connectivity index is 1.02. The van der Waals surface area contributed by atoms with Crippen molar-refractivity contribution in [2.45, 2.75) is 6.17 Å². The zero-order valence-corrected chi connectivity index (χ0v) is 31.6. The lowest BCUT2D eigenvalue weighted by atomic mass is 9.95.